The summed E-state index contributed by atoms with van der Waals surface area (Å²) in [6, 6.07) is 4.07. The molecule has 0 bridgehead atoms. The monoisotopic (exact) mass is 270 g/mol. The summed E-state index contributed by atoms with van der Waals surface area (Å²) in [5.74, 6) is 1.04. The highest BCUT2D eigenvalue weighted by Gasteiger charge is 2.20. The number of pyridine rings is 1. The first kappa shape index (κ1) is 10.9. The fraction of sp³-hybridized carbons (Fsp3) is 0.545. The van der Waals surface area contributed by atoms with Gasteiger partial charge >= 0.3 is 0 Å². The highest BCUT2D eigenvalue weighted by Crippen LogP contribution is 2.20. The summed E-state index contributed by atoms with van der Waals surface area (Å²) in [6.07, 6.45) is 4.52. The largest absolute Gasteiger partial charge is 0.380 e. The van der Waals surface area contributed by atoms with Gasteiger partial charge in [0.05, 0.1) is 6.10 Å². The third-order valence-corrected chi connectivity index (χ3v) is 3.22. The van der Waals surface area contributed by atoms with Crippen molar-refractivity contribution in [2.24, 2.45) is 0 Å². The highest BCUT2D eigenvalue weighted by molar-refractivity contribution is 9.10. The molecule has 1 atom stereocenters. The van der Waals surface area contributed by atoms with E-state index >= 15 is 0 Å². The molecule has 0 saturated carbocycles. The number of piperidine rings is 1. The van der Waals surface area contributed by atoms with E-state index in [-0.39, 0.29) is 0 Å². The lowest BCUT2D eigenvalue weighted by molar-refractivity contribution is 0.0891. The molecule has 1 unspecified atom stereocenters. The average Bonchev–Trinajstić information content (AvgIpc) is 2.30. The molecule has 3 nitrogen and oxygen atoms in total. The lowest BCUT2D eigenvalue weighted by Gasteiger charge is -2.32. The van der Waals surface area contributed by atoms with Crippen LogP contribution >= 0.6 is 15.9 Å². The van der Waals surface area contributed by atoms with Crippen molar-refractivity contribution in [2.75, 3.05) is 25.1 Å². The molecular formula is C11H15BrN2O. The molecule has 0 N–H and O–H groups in total. The van der Waals surface area contributed by atoms with Crippen molar-refractivity contribution in [3.05, 3.63) is 22.8 Å². The molecule has 1 saturated heterocycles. The van der Waals surface area contributed by atoms with Crippen LogP contribution < -0.4 is 4.90 Å². The fourth-order valence-corrected chi connectivity index (χ4v) is 2.13. The minimum Gasteiger partial charge on any atom is -0.380 e. The van der Waals surface area contributed by atoms with Gasteiger partial charge in [0.1, 0.15) is 5.82 Å². The maximum Gasteiger partial charge on any atom is 0.128 e. The number of rotatable bonds is 2. The molecule has 2 heterocycles. The molecule has 0 spiro atoms. The number of aromatic nitrogens is 1. The van der Waals surface area contributed by atoms with Crippen molar-refractivity contribution < 1.29 is 4.74 Å². The van der Waals surface area contributed by atoms with Gasteiger partial charge in [0.15, 0.2) is 0 Å². The SMILES string of the molecule is COC1CCCN(c2ccc(Br)cn2)C1. The zero-order chi connectivity index (χ0) is 10.7. The Labute approximate surface area is 98.6 Å². The summed E-state index contributed by atoms with van der Waals surface area (Å²) in [5.41, 5.74) is 0. The van der Waals surface area contributed by atoms with Crippen molar-refractivity contribution >= 4 is 21.7 Å². The molecule has 0 amide bonds. The van der Waals surface area contributed by atoms with Crippen LogP contribution in [0.15, 0.2) is 22.8 Å². The van der Waals surface area contributed by atoms with Gasteiger partial charge in [0.25, 0.3) is 0 Å². The summed E-state index contributed by atoms with van der Waals surface area (Å²) in [7, 11) is 1.78. The van der Waals surface area contributed by atoms with Gasteiger partial charge in [-0.15, -0.1) is 0 Å². The normalized spacial score (nSPS) is 21.7. The number of methoxy groups -OCH3 is 1. The Balaban J connectivity index is 2.06. The van der Waals surface area contributed by atoms with Crippen LogP contribution in [0.1, 0.15) is 12.8 Å². The van der Waals surface area contributed by atoms with Crippen molar-refractivity contribution in [1.29, 1.82) is 0 Å². The Bertz CT molecular complexity index is 315. The van der Waals surface area contributed by atoms with Gasteiger partial charge in [-0.25, -0.2) is 4.98 Å². The molecule has 15 heavy (non-hydrogen) atoms. The fourth-order valence-electron chi connectivity index (χ4n) is 1.89. The number of halogens is 1. The van der Waals surface area contributed by atoms with Crippen LogP contribution in [-0.4, -0.2) is 31.3 Å². The first-order chi connectivity index (χ1) is 7.29. The zero-order valence-electron chi connectivity index (χ0n) is 8.82. The Morgan fingerprint density at radius 3 is 3.07 bits per heavy atom. The molecule has 82 valence electrons. The van der Waals surface area contributed by atoms with Crippen LogP contribution in [0, 0.1) is 0 Å². The number of hydrogen-bond acceptors (Lipinski definition) is 3. The second kappa shape index (κ2) is 4.94. The van der Waals surface area contributed by atoms with E-state index in [2.05, 4.69) is 25.8 Å². The van der Waals surface area contributed by atoms with Crippen molar-refractivity contribution in [3.63, 3.8) is 0 Å². The van der Waals surface area contributed by atoms with Crippen LogP contribution in [0.5, 0.6) is 0 Å². The second-order valence-electron chi connectivity index (χ2n) is 3.78. The topological polar surface area (TPSA) is 25.4 Å². The van der Waals surface area contributed by atoms with Gasteiger partial charge in [0.2, 0.25) is 0 Å². The molecule has 0 aromatic carbocycles. The minimum atomic E-state index is 0.351. The van der Waals surface area contributed by atoms with Gasteiger partial charge in [-0.05, 0) is 40.9 Å². The molecule has 4 heteroatoms. The van der Waals surface area contributed by atoms with Crippen LogP contribution in [-0.2, 0) is 4.74 Å². The maximum absolute atomic E-state index is 5.39. The summed E-state index contributed by atoms with van der Waals surface area (Å²) in [6.45, 7) is 2.03. The van der Waals surface area contributed by atoms with Crippen molar-refractivity contribution in [3.8, 4) is 0 Å². The van der Waals surface area contributed by atoms with Crippen molar-refractivity contribution in [1.82, 2.24) is 4.98 Å². The van der Waals surface area contributed by atoms with Crippen LogP contribution in [0.25, 0.3) is 0 Å². The van der Waals surface area contributed by atoms with E-state index in [4.69, 9.17) is 4.74 Å². The minimum absolute atomic E-state index is 0.351. The van der Waals surface area contributed by atoms with Crippen molar-refractivity contribution in [2.45, 2.75) is 18.9 Å². The summed E-state index contributed by atoms with van der Waals surface area (Å²) in [4.78, 5) is 6.68. The predicted molar refractivity (Wildman–Crippen MR) is 64.2 cm³/mol. The zero-order valence-corrected chi connectivity index (χ0v) is 10.4. The molecule has 2 rings (SSSR count). The van der Waals surface area contributed by atoms with E-state index in [9.17, 15) is 0 Å². The Morgan fingerprint density at radius 1 is 1.53 bits per heavy atom. The molecular weight excluding hydrogens is 256 g/mol. The summed E-state index contributed by atoms with van der Waals surface area (Å²) in [5, 5.41) is 0. The number of anilines is 1. The second-order valence-corrected chi connectivity index (χ2v) is 4.70. The highest BCUT2D eigenvalue weighted by atomic mass is 79.9. The quantitative estimate of drug-likeness (QED) is 0.826. The standard InChI is InChI=1S/C11H15BrN2O/c1-15-10-3-2-6-14(8-10)11-5-4-9(12)7-13-11/h4-5,7,10H,2-3,6,8H2,1H3. The molecule has 0 radical (unpaired) electrons. The molecule has 1 aromatic rings. The van der Waals surface area contributed by atoms with Gasteiger partial charge in [-0.3, -0.25) is 0 Å². The van der Waals surface area contributed by atoms with E-state index in [0.29, 0.717) is 6.10 Å². The molecule has 1 aliphatic rings. The third-order valence-electron chi connectivity index (χ3n) is 2.75. The van der Waals surface area contributed by atoms with E-state index < -0.39 is 0 Å². The van der Waals surface area contributed by atoms with E-state index in [0.717, 1.165) is 29.8 Å². The molecule has 0 aliphatic carbocycles. The molecule has 1 aromatic heterocycles. The average molecular weight is 271 g/mol. The summed E-state index contributed by atoms with van der Waals surface area (Å²) >= 11 is 3.39. The predicted octanol–water partition coefficient (Wildman–Crippen LogP) is 2.46. The van der Waals surface area contributed by atoms with Crippen LogP contribution in [0.4, 0.5) is 5.82 Å². The Kier molecular flexibility index (Phi) is 3.59. The summed E-state index contributed by atoms with van der Waals surface area (Å²) < 4.78 is 6.41. The van der Waals surface area contributed by atoms with E-state index in [1.165, 1.54) is 6.42 Å². The molecule has 1 fully saturated rings. The number of hydrogen-bond donors (Lipinski definition) is 0. The van der Waals surface area contributed by atoms with Gasteiger partial charge in [-0.1, -0.05) is 0 Å². The lowest BCUT2D eigenvalue weighted by atomic mass is 10.1. The number of nitrogens with zero attached hydrogens (tertiary/aromatic N) is 2. The Hall–Kier alpha value is -0.610. The Morgan fingerprint density at radius 2 is 2.40 bits per heavy atom. The first-order valence-corrected chi connectivity index (χ1v) is 5.98. The van der Waals surface area contributed by atoms with Gasteiger partial charge in [0, 0.05) is 30.9 Å². The van der Waals surface area contributed by atoms with E-state index in [1.54, 1.807) is 7.11 Å². The van der Waals surface area contributed by atoms with Crippen LogP contribution in [0.2, 0.25) is 0 Å². The maximum atomic E-state index is 5.39. The molecule has 1 aliphatic heterocycles. The third kappa shape index (κ3) is 2.69. The first-order valence-electron chi connectivity index (χ1n) is 5.19. The van der Waals surface area contributed by atoms with Gasteiger partial charge in [-0.2, -0.15) is 0 Å². The smallest absolute Gasteiger partial charge is 0.128 e. The van der Waals surface area contributed by atoms with Gasteiger partial charge < -0.3 is 9.64 Å². The van der Waals surface area contributed by atoms with Crippen LogP contribution in [0.3, 0.4) is 0 Å². The number of ether oxygens (including phenoxy) is 1. The lowest BCUT2D eigenvalue weighted by Crippen LogP contribution is -2.39. The van der Waals surface area contributed by atoms with E-state index in [1.807, 2.05) is 18.3 Å².